The van der Waals surface area contributed by atoms with Gasteiger partial charge in [-0.15, -0.1) is 0 Å². The summed E-state index contributed by atoms with van der Waals surface area (Å²) in [6.45, 7) is 4.00. The van der Waals surface area contributed by atoms with Crippen LogP contribution in [0.25, 0.3) is 0 Å². The maximum absolute atomic E-state index is 10.9. The highest BCUT2D eigenvalue weighted by Crippen LogP contribution is 2.28. The zero-order valence-electron chi connectivity index (χ0n) is 12.5. The molecule has 0 spiro atoms. The summed E-state index contributed by atoms with van der Waals surface area (Å²) in [4.78, 5) is 2.34. The van der Waals surface area contributed by atoms with Crippen LogP contribution in [0.4, 0.5) is 0 Å². The monoisotopic (exact) mass is 284 g/mol. The molecule has 5 heteroatoms. The van der Waals surface area contributed by atoms with Gasteiger partial charge in [0.25, 0.3) is 0 Å². The topological polar surface area (TPSA) is 49.4 Å². The molecule has 0 aromatic heterocycles. The van der Waals surface area contributed by atoms with Gasteiger partial charge in [0.05, 0.1) is 0 Å². The molecule has 1 atom stereocenters. The average Bonchev–Trinajstić information content (AvgIpc) is 2.38. The molecule has 2 rings (SSSR count). The molecular formula is C14H22N2O2S. The van der Waals surface area contributed by atoms with Gasteiger partial charge in [-0.1, -0.05) is 24.3 Å². The van der Waals surface area contributed by atoms with E-state index in [0.29, 0.717) is 5.92 Å². The molecular weight excluding hydrogens is 260 g/mol. The van der Waals surface area contributed by atoms with E-state index in [2.05, 4.69) is 28.8 Å². The van der Waals surface area contributed by atoms with Gasteiger partial charge in [0, 0.05) is 6.04 Å². The summed E-state index contributed by atoms with van der Waals surface area (Å²) >= 11 is 0. The zero-order valence-corrected chi connectivity index (χ0v) is 12.3. The Bertz CT molecular complexity index is 537. The van der Waals surface area contributed by atoms with Crippen molar-refractivity contribution < 1.29 is 8.42 Å². The Morgan fingerprint density at radius 2 is 1.89 bits per heavy atom. The molecule has 0 amide bonds. The highest BCUT2D eigenvalue weighted by Gasteiger charge is 2.18. The minimum Gasteiger partial charge on any atom is -0.306 e. The number of piperidine rings is 1. The van der Waals surface area contributed by atoms with Crippen molar-refractivity contribution in [3.05, 3.63) is 35.4 Å². The molecule has 1 aliphatic rings. The van der Waals surface area contributed by atoms with Crippen molar-refractivity contribution in [1.29, 1.82) is 1.12 Å². The van der Waals surface area contributed by atoms with E-state index in [1.165, 1.54) is 18.4 Å². The number of hydrogen-bond acceptors (Lipinski definition) is 3. The van der Waals surface area contributed by atoms with Crippen LogP contribution >= 0.6 is 0 Å². The number of hydrogen-bond donors (Lipinski definition) is 2. The summed E-state index contributed by atoms with van der Waals surface area (Å²) in [6, 6.07) is 7.71. The highest BCUT2D eigenvalue weighted by atomic mass is 32.2. The van der Waals surface area contributed by atoms with Crippen molar-refractivity contribution in [2.45, 2.75) is 31.7 Å². The highest BCUT2D eigenvalue weighted by molar-refractivity contribution is 7.70. The summed E-state index contributed by atoms with van der Waals surface area (Å²) in [7, 11) is -1.77. The summed E-state index contributed by atoms with van der Waals surface area (Å²) in [5.74, 6) is 0.600. The van der Waals surface area contributed by atoms with Gasteiger partial charge < -0.3 is 4.90 Å². The predicted molar refractivity (Wildman–Crippen MR) is 77.8 cm³/mol. The third kappa shape index (κ3) is 4.03. The van der Waals surface area contributed by atoms with E-state index >= 15 is 0 Å². The van der Waals surface area contributed by atoms with Gasteiger partial charge in [0.2, 0.25) is 10.8 Å². The normalized spacial score (nSPS) is 21.1. The molecule has 0 unspecified atom stereocenters. The Hall–Kier alpha value is -0.910. The second-order valence-electron chi connectivity index (χ2n) is 5.32. The standard InChI is InChI=1S/C14H22N2O2S/c1-11(15-19(17)18)12-3-5-13(6-4-12)14-7-9-16(2)10-8-14/h3-6,11,14,19H,7-10H2,1-2H3,(H,15,17,18)/t11-/m0/s1/i19T. The number of benzene rings is 1. The number of likely N-dealkylation sites (tertiary alicyclic amines) is 1. The van der Waals surface area contributed by atoms with Crippen LogP contribution in [0.2, 0.25) is 0 Å². The van der Waals surface area contributed by atoms with Crippen LogP contribution < -0.4 is 4.72 Å². The van der Waals surface area contributed by atoms with Crippen molar-refractivity contribution in [2.24, 2.45) is 0 Å². The van der Waals surface area contributed by atoms with Gasteiger partial charge in [-0.05, 0) is 56.9 Å². The molecule has 1 fully saturated rings. The summed E-state index contributed by atoms with van der Waals surface area (Å²) in [5.41, 5.74) is 2.21. The van der Waals surface area contributed by atoms with Crippen LogP contribution in [0, 0.1) is 0 Å². The minimum absolute atomic E-state index is 0.371. The van der Waals surface area contributed by atoms with E-state index in [1.807, 2.05) is 12.1 Å². The first kappa shape index (κ1) is 13.1. The van der Waals surface area contributed by atoms with E-state index in [4.69, 9.17) is 1.12 Å². The molecule has 1 heterocycles. The molecule has 1 aromatic carbocycles. The Labute approximate surface area is 118 Å². The van der Waals surface area contributed by atoms with Gasteiger partial charge in [0.1, 0.15) is 0 Å². The molecule has 1 saturated heterocycles. The summed E-state index contributed by atoms with van der Waals surface area (Å²) in [5, 5.41) is 0. The Morgan fingerprint density at radius 3 is 2.42 bits per heavy atom. The van der Waals surface area contributed by atoms with Gasteiger partial charge in [-0.2, -0.15) is 0 Å². The zero-order chi connectivity index (χ0) is 14.8. The van der Waals surface area contributed by atoms with Gasteiger partial charge >= 0.3 is 0 Å². The fourth-order valence-electron chi connectivity index (χ4n) is 2.61. The maximum atomic E-state index is 10.9. The first-order valence-corrected chi connectivity index (χ1v) is 7.77. The molecule has 1 aliphatic heterocycles. The third-order valence-corrected chi connectivity index (χ3v) is 4.45. The molecule has 0 radical (unpaired) electrons. The van der Waals surface area contributed by atoms with E-state index in [-0.39, 0.29) is 6.04 Å². The van der Waals surface area contributed by atoms with E-state index in [1.54, 1.807) is 6.92 Å². The molecule has 106 valence electrons. The molecule has 0 aliphatic carbocycles. The average molecular weight is 284 g/mol. The predicted octanol–water partition coefficient (Wildman–Crippen LogP) is 1.67. The molecule has 1 aromatic rings. The fourth-order valence-corrected chi connectivity index (χ4v) is 3.04. The van der Waals surface area contributed by atoms with Crippen molar-refractivity contribution >= 4 is 10.8 Å². The Morgan fingerprint density at radius 1 is 1.32 bits per heavy atom. The van der Waals surface area contributed by atoms with E-state index in [0.717, 1.165) is 18.7 Å². The quantitative estimate of drug-likeness (QED) is 0.827. The lowest BCUT2D eigenvalue weighted by Crippen LogP contribution is -2.29. The number of rotatable bonds is 4. The van der Waals surface area contributed by atoms with Crippen molar-refractivity contribution in [3.63, 3.8) is 0 Å². The largest absolute Gasteiger partial charge is 0.306 e. The number of nitrogens with zero attached hydrogens (tertiary/aromatic N) is 1. The lowest BCUT2D eigenvalue weighted by Gasteiger charge is -2.29. The van der Waals surface area contributed by atoms with Crippen LogP contribution in [-0.2, 0) is 10.8 Å². The van der Waals surface area contributed by atoms with Crippen molar-refractivity contribution in [3.8, 4) is 0 Å². The van der Waals surface area contributed by atoms with Crippen LogP contribution in [0.15, 0.2) is 24.3 Å². The molecule has 0 bridgehead atoms. The smallest absolute Gasteiger partial charge is 0.201 e. The van der Waals surface area contributed by atoms with Gasteiger partial charge in [0.15, 0.2) is 1.12 Å². The van der Waals surface area contributed by atoms with E-state index in [9.17, 15) is 8.42 Å². The molecule has 19 heavy (non-hydrogen) atoms. The van der Waals surface area contributed by atoms with Crippen LogP contribution in [0.5, 0.6) is 0 Å². The van der Waals surface area contributed by atoms with Crippen LogP contribution in [0.3, 0.4) is 0 Å². The van der Waals surface area contributed by atoms with Gasteiger partial charge in [-0.25, -0.2) is 13.1 Å². The molecule has 0 saturated carbocycles. The van der Waals surface area contributed by atoms with Crippen LogP contribution in [0.1, 0.15) is 42.9 Å². The molecule has 1 N–H and O–H groups in total. The summed E-state index contributed by atoms with van der Waals surface area (Å²) < 4.78 is 31.0. The second kappa shape index (κ2) is 6.50. The van der Waals surface area contributed by atoms with Crippen molar-refractivity contribution in [2.75, 3.05) is 20.1 Å². The van der Waals surface area contributed by atoms with E-state index < -0.39 is 10.8 Å². The molecule has 4 nitrogen and oxygen atoms in total. The number of thiol groups is 1. The third-order valence-electron chi connectivity index (χ3n) is 3.90. The summed E-state index contributed by atoms with van der Waals surface area (Å²) in [6.07, 6.45) is 2.34. The maximum Gasteiger partial charge on any atom is 0.201 e. The lowest BCUT2D eigenvalue weighted by molar-refractivity contribution is 0.255. The van der Waals surface area contributed by atoms with Crippen LogP contribution in [-0.4, -0.2) is 34.6 Å². The fraction of sp³-hybridized carbons (Fsp3) is 0.571. The Balaban J connectivity index is 2.03. The first-order valence-electron chi connectivity index (χ1n) is 7.11. The van der Waals surface area contributed by atoms with Gasteiger partial charge in [-0.3, -0.25) is 0 Å². The minimum atomic E-state index is -3.91. The second-order valence-corrected chi connectivity index (χ2v) is 6.02. The Kier molecular flexibility index (Phi) is 4.48. The lowest BCUT2D eigenvalue weighted by atomic mass is 9.89. The van der Waals surface area contributed by atoms with Crippen molar-refractivity contribution in [1.82, 2.24) is 9.62 Å². The first-order chi connectivity index (χ1) is 9.35. The number of nitrogens with one attached hydrogen (secondary N) is 1. The SMILES string of the molecule is [3H]S(=O)(=O)N[C@@H](C)c1ccc(C2CCN(C)CC2)cc1.